The van der Waals surface area contributed by atoms with Crippen molar-refractivity contribution in [1.82, 2.24) is 10.2 Å². The fraction of sp³-hybridized carbons (Fsp3) is 0.556. The number of nitrogens with one attached hydrogen (secondary N) is 1. The lowest BCUT2D eigenvalue weighted by molar-refractivity contribution is -0.138. The fourth-order valence-corrected chi connectivity index (χ4v) is 2.60. The number of amides is 2. The van der Waals surface area contributed by atoms with Gasteiger partial charge in [0, 0.05) is 25.6 Å². The topological polar surface area (TPSA) is 58.6 Å². The summed E-state index contributed by atoms with van der Waals surface area (Å²) in [6.45, 7) is 6.55. The van der Waals surface area contributed by atoms with Crippen molar-refractivity contribution in [2.75, 3.05) is 13.1 Å². The largest absolute Gasteiger partial charge is 0.444 e. The number of hydrogen-bond donors (Lipinski definition) is 1. The van der Waals surface area contributed by atoms with Gasteiger partial charge in [-0.3, -0.25) is 4.79 Å². The molecule has 5 nitrogen and oxygen atoms in total. The van der Waals surface area contributed by atoms with Gasteiger partial charge in [0.25, 0.3) is 0 Å². The number of rotatable bonds is 5. The maximum atomic E-state index is 12.2. The van der Waals surface area contributed by atoms with E-state index in [1.54, 1.807) is 0 Å². The minimum Gasteiger partial charge on any atom is -0.444 e. The van der Waals surface area contributed by atoms with Crippen LogP contribution in [0.4, 0.5) is 4.79 Å². The van der Waals surface area contributed by atoms with Gasteiger partial charge < -0.3 is 15.0 Å². The molecule has 1 fully saturated rings. The average molecular weight is 318 g/mol. The first-order valence-electron chi connectivity index (χ1n) is 8.15. The molecule has 0 spiro atoms. The van der Waals surface area contributed by atoms with E-state index in [0.29, 0.717) is 13.0 Å². The molecule has 1 aliphatic heterocycles. The van der Waals surface area contributed by atoms with Crippen LogP contribution >= 0.6 is 0 Å². The van der Waals surface area contributed by atoms with Crippen LogP contribution in [0.15, 0.2) is 30.3 Å². The van der Waals surface area contributed by atoms with Crippen LogP contribution in [0.5, 0.6) is 0 Å². The number of likely N-dealkylation sites (tertiary alicyclic amines) is 1. The van der Waals surface area contributed by atoms with Crippen LogP contribution in [0.25, 0.3) is 0 Å². The molecule has 5 heteroatoms. The van der Waals surface area contributed by atoms with Crippen molar-refractivity contribution >= 4 is 12.0 Å². The molecule has 0 bridgehead atoms. The summed E-state index contributed by atoms with van der Waals surface area (Å²) >= 11 is 0. The predicted molar refractivity (Wildman–Crippen MR) is 89.1 cm³/mol. The summed E-state index contributed by atoms with van der Waals surface area (Å²) in [5, 5.41) is 2.63. The van der Waals surface area contributed by atoms with Crippen molar-refractivity contribution in [1.29, 1.82) is 0 Å². The lowest BCUT2D eigenvalue weighted by Crippen LogP contribution is -2.52. The van der Waals surface area contributed by atoms with Crippen LogP contribution < -0.4 is 5.32 Å². The van der Waals surface area contributed by atoms with Gasteiger partial charge in [-0.25, -0.2) is 4.79 Å². The third kappa shape index (κ3) is 5.58. The quantitative estimate of drug-likeness (QED) is 0.908. The van der Waals surface area contributed by atoms with Crippen molar-refractivity contribution in [2.45, 2.75) is 51.7 Å². The minimum absolute atomic E-state index is 0.0910. The molecule has 0 aromatic heterocycles. The van der Waals surface area contributed by atoms with Crippen molar-refractivity contribution in [2.24, 2.45) is 0 Å². The van der Waals surface area contributed by atoms with Gasteiger partial charge >= 0.3 is 6.09 Å². The molecular weight excluding hydrogens is 292 g/mol. The molecule has 1 heterocycles. The second-order valence-corrected chi connectivity index (χ2v) is 6.90. The Labute approximate surface area is 138 Å². The SMILES string of the molecule is CC(C)(C)OC(=O)NCCC(=O)N1CCC1Cc1ccccc1. The number of alkyl carbamates (subject to hydrolysis) is 1. The molecule has 0 saturated carbocycles. The van der Waals surface area contributed by atoms with E-state index in [1.165, 1.54) is 5.56 Å². The van der Waals surface area contributed by atoms with Gasteiger partial charge in [-0.2, -0.15) is 0 Å². The lowest BCUT2D eigenvalue weighted by atomic mass is 9.95. The summed E-state index contributed by atoms with van der Waals surface area (Å²) in [4.78, 5) is 25.7. The smallest absolute Gasteiger partial charge is 0.407 e. The Morgan fingerprint density at radius 2 is 1.96 bits per heavy atom. The molecule has 1 saturated heterocycles. The minimum atomic E-state index is -0.521. The van der Waals surface area contributed by atoms with Gasteiger partial charge in [0.2, 0.25) is 5.91 Å². The van der Waals surface area contributed by atoms with Gasteiger partial charge in [0.1, 0.15) is 5.60 Å². The van der Waals surface area contributed by atoms with E-state index >= 15 is 0 Å². The van der Waals surface area contributed by atoms with Crippen LogP contribution in [-0.2, 0) is 16.0 Å². The summed E-state index contributed by atoms with van der Waals surface area (Å²) in [5.41, 5.74) is 0.730. The van der Waals surface area contributed by atoms with Gasteiger partial charge in [-0.15, -0.1) is 0 Å². The normalized spacial score (nSPS) is 17.3. The van der Waals surface area contributed by atoms with Crippen LogP contribution in [0.1, 0.15) is 39.2 Å². The highest BCUT2D eigenvalue weighted by atomic mass is 16.6. The highest BCUT2D eigenvalue weighted by molar-refractivity contribution is 5.78. The number of nitrogens with zero attached hydrogens (tertiary/aromatic N) is 1. The van der Waals surface area contributed by atoms with E-state index in [4.69, 9.17) is 4.74 Å². The highest BCUT2D eigenvalue weighted by Gasteiger charge is 2.31. The van der Waals surface area contributed by atoms with E-state index in [2.05, 4.69) is 17.4 Å². The Kier molecular flexibility index (Phi) is 5.64. The zero-order valence-corrected chi connectivity index (χ0v) is 14.2. The molecular formula is C18H26N2O3. The van der Waals surface area contributed by atoms with Gasteiger partial charge in [-0.05, 0) is 39.2 Å². The molecule has 1 unspecified atom stereocenters. The second kappa shape index (κ2) is 7.49. The Balaban J connectivity index is 1.71. The zero-order valence-electron chi connectivity index (χ0n) is 14.2. The van der Waals surface area contributed by atoms with Crippen molar-refractivity contribution in [3.05, 3.63) is 35.9 Å². The maximum absolute atomic E-state index is 12.2. The monoisotopic (exact) mass is 318 g/mol. The van der Waals surface area contributed by atoms with Crippen molar-refractivity contribution in [3.63, 3.8) is 0 Å². The standard InChI is InChI=1S/C18H26N2O3/c1-18(2,3)23-17(22)19-11-9-16(21)20-12-10-15(20)13-14-7-5-4-6-8-14/h4-8,15H,9-13H2,1-3H3,(H,19,22). The maximum Gasteiger partial charge on any atom is 0.407 e. The highest BCUT2D eigenvalue weighted by Crippen LogP contribution is 2.22. The molecule has 1 N–H and O–H groups in total. The first kappa shape index (κ1) is 17.3. The average Bonchev–Trinajstić information content (AvgIpc) is 2.42. The Bertz CT molecular complexity index is 537. The summed E-state index contributed by atoms with van der Waals surface area (Å²) in [7, 11) is 0. The van der Waals surface area contributed by atoms with Crippen LogP contribution in [-0.4, -0.2) is 41.6 Å². The predicted octanol–water partition coefficient (Wildman–Crippen LogP) is 2.74. The van der Waals surface area contributed by atoms with Gasteiger partial charge in [0.05, 0.1) is 0 Å². The third-order valence-electron chi connectivity index (χ3n) is 3.79. The van der Waals surface area contributed by atoms with Crippen LogP contribution in [0.3, 0.4) is 0 Å². The fourth-order valence-electron chi connectivity index (χ4n) is 2.60. The Hall–Kier alpha value is -2.04. The van der Waals surface area contributed by atoms with Gasteiger partial charge in [-0.1, -0.05) is 30.3 Å². The molecule has 0 aliphatic carbocycles. The van der Waals surface area contributed by atoms with E-state index in [-0.39, 0.29) is 11.9 Å². The summed E-state index contributed by atoms with van der Waals surface area (Å²) in [6.07, 6.45) is 1.77. The number of benzene rings is 1. The number of ether oxygens (including phenoxy) is 1. The Morgan fingerprint density at radius 3 is 2.52 bits per heavy atom. The molecule has 1 aromatic carbocycles. The zero-order chi connectivity index (χ0) is 16.9. The van der Waals surface area contributed by atoms with Crippen molar-refractivity contribution < 1.29 is 14.3 Å². The Morgan fingerprint density at radius 1 is 1.26 bits per heavy atom. The first-order valence-corrected chi connectivity index (χ1v) is 8.15. The first-order chi connectivity index (χ1) is 10.8. The molecule has 1 aliphatic rings. The van der Waals surface area contributed by atoms with Crippen LogP contribution in [0.2, 0.25) is 0 Å². The number of carbonyl (C=O) groups is 2. The van der Waals surface area contributed by atoms with E-state index in [1.807, 2.05) is 43.9 Å². The summed E-state index contributed by atoms with van der Waals surface area (Å²) in [5.74, 6) is 0.0910. The second-order valence-electron chi connectivity index (χ2n) is 6.90. The van der Waals surface area contributed by atoms with E-state index in [9.17, 15) is 9.59 Å². The number of carbonyl (C=O) groups excluding carboxylic acids is 2. The molecule has 23 heavy (non-hydrogen) atoms. The van der Waals surface area contributed by atoms with Gasteiger partial charge in [0.15, 0.2) is 0 Å². The van der Waals surface area contributed by atoms with Crippen LogP contribution in [0, 0.1) is 0 Å². The molecule has 1 atom stereocenters. The molecule has 126 valence electrons. The molecule has 0 radical (unpaired) electrons. The molecule has 2 amide bonds. The third-order valence-corrected chi connectivity index (χ3v) is 3.79. The molecule has 1 aromatic rings. The lowest BCUT2D eigenvalue weighted by Gasteiger charge is -2.41. The van der Waals surface area contributed by atoms with Crippen molar-refractivity contribution in [3.8, 4) is 0 Å². The molecule has 2 rings (SSSR count). The van der Waals surface area contributed by atoms with E-state index in [0.717, 1.165) is 19.4 Å². The van der Waals surface area contributed by atoms with E-state index < -0.39 is 11.7 Å². The number of hydrogen-bond acceptors (Lipinski definition) is 3. The summed E-state index contributed by atoms with van der Waals surface area (Å²) in [6, 6.07) is 10.5. The summed E-state index contributed by atoms with van der Waals surface area (Å²) < 4.78 is 5.15.